The van der Waals surface area contributed by atoms with Crippen molar-refractivity contribution in [1.82, 2.24) is 9.71 Å². The number of aromatic nitrogens is 1. The topological polar surface area (TPSA) is 120 Å². The second-order valence-electron chi connectivity index (χ2n) is 6.68. The summed E-state index contributed by atoms with van der Waals surface area (Å²) in [6.07, 6.45) is 6.23. The first-order chi connectivity index (χ1) is 14.2. The summed E-state index contributed by atoms with van der Waals surface area (Å²) < 4.78 is 24.7. The third-order valence-electron chi connectivity index (χ3n) is 4.19. The first-order valence-electron chi connectivity index (χ1n) is 8.82. The van der Waals surface area contributed by atoms with Crippen LogP contribution in [-0.4, -0.2) is 37.9 Å². The molecule has 1 aromatic carbocycles. The number of nitrogens with zero attached hydrogens (tertiary/aromatic N) is 3. The summed E-state index contributed by atoms with van der Waals surface area (Å²) in [6.45, 7) is 2.03. The molecule has 0 aliphatic heterocycles. The Balaban J connectivity index is 1.99. The average molecular weight is 443 g/mol. The first kappa shape index (κ1) is 21.4. The maximum atomic E-state index is 12.3. The number of carbonyl (C=O) groups is 2. The fourth-order valence-corrected chi connectivity index (χ4v) is 4.21. The van der Waals surface area contributed by atoms with E-state index in [0.29, 0.717) is 22.1 Å². The SMILES string of the molecule is Cc1sc(N(CC2=CC=CC(=O)C2)c2ccc(C#N)cc2)nc1C(=O)NS(C)(=O)=O. The standard InChI is InChI=1S/C20H18N4O4S2/c1-13-18(19(26)23-30(2,27)28)22-20(29-13)24(12-15-4-3-5-17(25)10-15)16-8-6-14(11-21)7-9-16/h3-9H,10,12H2,1-2H3,(H,23,26). The van der Waals surface area contributed by atoms with E-state index in [1.807, 2.05) is 15.7 Å². The van der Waals surface area contributed by atoms with Crippen LogP contribution < -0.4 is 9.62 Å². The van der Waals surface area contributed by atoms with E-state index in [1.54, 1.807) is 37.3 Å². The number of hydrogen-bond donors (Lipinski definition) is 1. The highest BCUT2D eigenvalue weighted by atomic mass is 32.2. The lowest BCUT2D eigenvalue weighted by atomic mass is 10.0. The molecule has 1 N–H and O–H groups in total. The third-order valence-corrected chi connectivity index (χ3v) is 5.74. The monoisotopic (exact) mass is 442 g/mol. The van der Waals surface area contributed by atoms with E-state index in [9.17, 15) is 18.0 Å². The number of ketones is 1. The number of aryl methyl sites for hydroxylation is 1. The van der Waals surface area contributed by atoms with Gasteiger partial charge < -0.3 is 4.90 Å². The molecule has 0 unspecified atom stereocenters. The molecular formula is C20H18N4O4S2. The quantitative estimate of drug-likeness (QED) is 0.730. The summed E-state index contributed by atoms with van der Waals surface area (Å²) in [5.74, 6) is -0.803. The Morgan fingerprint density at radius 3 is 2.63 bits per heavy atom. The van der Waals surface area contributed by atoms with Crippen molar-refractivity contribution in [3.05, 3.63) is 64.2 Å². The third kappa shape index (κ3) is 5.20. The summed E-state index contributed by atoms with van der Waals surface area (Å²) in [6, 6.07) is 8.91. The maximum Gasteiger partial charge on any atom is 0.284 e. The van der Waals surface area contributed by atoms with Crippen LogP contribution >= 0.6 is 11.3 Å². The molecule has 3 rings (SSSR count). The van der Waals surface area contributed by atoms with Crippen molar-refractivity contribution in [2.75, 3.05) is 17.7 Å². The van der Waals surface area contributed by atoms with Crippen LogP contribution in [0.2, 0.25) is 0 Å². The van der Waals surface area contributed by atoms with E-state index in [0.717, 1.165) is 17.5 Å². The molecule has 30 heavy (non-hydrogen) atoms. The molecule has 0 atom stereocenters. The van der Waals surface area contributed by atoms with Gasteiger partial charge in [0, 0.05) is 23.5 Å². The van der Waals surface area contributed by atoms with Crippen LogP contribution in [0.1, 0.15) is 27.3 Å². The van der Waals surface area contributed by atoms with Crippen LogP contribution in [0.5, 0.6) is 0 Å². The Bertz CT molecular complexity index is 1200. The molecule has 2 aromatic rings. The lowest BCUT2D eigenvalue weighted by Gasteiger charge is -2.24. The second kappa shape index (κ2) is 8.61. The molecule has 0 bridgehead atoms. The molecule has 0 saturated heterocycles. The fourth-order valence-electron chi connectivity index (χ4n) is 2.86. The molecule has 8 nitrogen and oxygen atoms in total. The normalized spacial score (nSPS) is 13.5. The summed E-state index contributed by atoms with van der Waals surface area (Å²) in [7, 11) is -3.72. The van der Waals surface area contributed by atoms with Crippen LogP contribution in [0.3, 0.4) is 0 Å². The predicted molar refractivity (Wildman–Crippen MR) is 114 cm³/mol. The molecule has 1 aliphatic carbocycles. The summed E-state index contributed by atoms with van der Waals surface area (Å²) >= 11 is 1.23. The number of rotatable bonds is 6. The molecule has 0 saturated carbocycles. The summed E-state index contributed by atoms with van der Waals surface area (Å²) in [4.78, 5) is 30.8. The predicted octanol–water partition coefficient (Wildman–Crippen LogP) is 2.61. The molecule has 1 aromatic heterocycles. The second-order valence-corrected chi connectivity index (χ2v) is 9.61. The molecule has 0 spiro atoms. The van der Waals surface area contributed by atoms with E-state index in [-0.39, 0.29) is 17.9 Å². The van der Waals surface area contributed by atoms with Gasteiger partial charge in [-0.1, -0.05) is 12.2 Å². The smallest absolute Gasteiger partial charge is 0.284 e. The molecule has 1 heterocycles. The van der Waals surface area contributed by atoms with Crippen LogP contribution in [0, 0.1) is 18.3 Å². The van der Waals surface area contributed by atoms with Crippen molar-refractivity contribution < 1.29 is 18.0 Å². The Morgan fingerprint density at radius 2 is 2.03 bits per heavy atom. The zero-order valence-corrected chi connectivity index (χ0v) is 17.9. The number of nitrogens with one attached hydrogen (secondary N) is 1. The number of amides is 1. The van der Waals surface area contributed by atoms with Crippen molar-refractivity contribution in [2.45, 2.75) is 13.3 Å². The highest BCUT2D eigenvalue weighted by molar-refractivity contribution is 7.89. The van der Waals surface area contributed by atoms with Gasteiger partial charge >= 0.3 is 0 Å². The van der Waals surface area contributed by atoms with E-state index >= 15 is 0 Å². The van der Waals surface area contributed by atoms with Gasteiger partial charge in [-0.25, -0.2) is 18.1 Å². The first-order valence-corrected chi connectivity index (χ1v) is 11.5. The van der Waals surface area contributed by atoms with Crippen LogP contribution in [0.15, 0.2) is 48.1 Å². The van der Waals surface area contributed by atoms with Gasteiger partial charge in [-0.3, -0.25) is 9.59 Å². The lowest BCUT2D eigenvalue weighted by Crippen LogP contribution is -2.30. The van der Waals surface area contributed by atoms with Gasteiger partial charge in [0.15, 0.2) is 10.9 Å². The van der Waals surface area contributed by atoms with Gasteiger partial charge in [-0.05, 0) is 42.8 Å². The van der Waals surface area contributed by atoms with Crippen molar-refractivity contribution in [3.63, 3.8) is 0 Å². The Kier molecular flexibility index (Phi) is 6.14. The van der Waals surface area contributed by atoms with Crippen LogP contribution in [0.25, 0.3) is 0 Å². The van der Waals surface area contributed by atoms with Crippen LogP contribution in [0.4, 0.5) is 10.8 Å². The largest absolute Gasteiger partial charge is 0.314 e. The zero-order valence-electron chi connectivity index (χ0n) is 16.2. The van der Waals surface area contributed by atoms with Crippen LogP contribution in [-0.2, 0) is 14.8 Å². The molecule has 1 aliphatic rings. The lowest BCUT2D eigenvalue weighted by molar-refractivity contribution is -0.114. The van der Waals surface area contributed by atoms with E-state index in [2.05, 4.69) is 11.1 Å². The van der Waals surface area contributed by atoms with E-state index < -0.39 is 15.9 Å². The van der Waals surface area contributed by atoms with Gasteiger partial charge in [0.2, 0.25) is 10.0 Å². The van der Waals surface area contributed by atoms with Gasteiger partial charge in [0.1, 0.15) is 5.69 Å². The number of allylic oxidation sites excluding steroid dienone is 3. The van der Waals surface area contributed by atoms with Crippen molar-refractivity contribution in [3.8, 4) is 6.07 Å². The zero-order chi connectivity index (χ0) is 21.9. The summed E-state index contributed by atoms with van der Waals surface area (Å²) in [5, 5.41) is 9.52. The van der Waals surface area contributed by atoms with Gasteiger partial charge in [-0.2, -0.15) is 5.26 Å². The number of carbonyl (C=O) groups excluding carboxylic acids is 2. The number of sulfonamides is 1. The Hall–Kier alpha value is -3.29. The highest BCUT2D eigenvalue weighted by Gasteiger charge is 2.23. The minimum Gasteiger partial charge on any atom is -0.314 e. The van der Waals surface area contributed by atoms with Gasteiger partial charge in [0.25, 0.3) is 5.91 Å². The number of hydrogen-bond acceptors (Lipinski definition) is 8. The van der Waals surface area contributed by atoms with E-state index in [1.165, 1.54) is 17.4 Å². The average Bonchev–Trinajstić information content (AvgIpc) is 3.06. The molecule has 154 valence electrons. The van der Waals surface area contributed by atoms with E-state index in [4.69, 9.17) is 5.26 Å². The number of benzene rings is 1. The minimum absolute atomic E-state index is 0.00387. The molecule has 0 fully saturated rings. The van der Waals surface area contributed by atoms with Gasteiger partial charge in [0.05, 0.1) is 17.9 Å². The Labute approximate surface area is 178 Å². The number of thiazole rings is 1. The van der Waals surface area contributed by atoms with Crippen molar-refractivity contribution >= 4 is 43.9 Å². The van der Waals surface area contributed by atoms with Crippen molar-refractivity contribution in [2.24, 2.45) is 0 Å². The Morgan fingerprint density at radius 1 is 1.33 bits per heavy atom. The van der Waals surface area contributed by atoms with Gasteiger partial charge in [-0.15, -0.1) is 11.3 Å². The molecule has 1 amide bonds. The molecular weight excluding hydrogens is 424 g/mol. The maximum absolute atomic E-state index is 12.3. The fraction of sp³-hybridized carbons (Fsp3) is 0.200. The molecule has 0 radical (unpaired) electrons. The number of anilines is 2. The molecule has 10 heteroatoms. The summed E-state index contributed by atoms with van der Waals surface area (Å²) in [5.41, 5.74) is 2.10. The highest BCUT2D eigenvalue weighted by Crippen LogP contribution is 2.33. The van der Waals surface area contributed by atoms with Crippen molar-refractivity contribution in [1.29, 1.82) is 5.26 Å². The minimum atomic E-state index is -3.72. The number of nitriles is 1.